The van der Waals surface area contributed by atoms with E-state index < -0.39 is 60.3 Å². The third-order valence-corrected chi connectivity index (χ3v) is 22.4. The molecule has 556 valence electrons. The first-order valence-electron chi connectivity index (χ1n) is 37.4. The van der Waals surface area contributed by atoms with Gasteiger partial charge in [-0.25, -0.2) is 13.6 Å². The third-order valence-electron chi connectivity index (χ3n) is 22.4. The molecule has 3 N–H and O–H groups in total. The first-order chi connectivity index (χ1) is 49.4. The number of amides is 7. The van der Waals surface area contributed by atoms with Gasteiger partial charge in [-0.1, -0.05) is 71.8 Å². The number of nitrogens with one attached hydrogen (secondary N) is 3. The average Bonchev–Trinajstić information content (AvgIpc) is 1.72. The van der Waals surface area contributed by atoms with Gasteiger partial charge in [-0.15, -0.1) is 0 Å². The molecule has 0 radical (unpaired) electrons. The molecule has 6 aliphatic rings. The van der Waals surface area contributed by atoms with E-state index in [1.807, 2.05) is 80.2 Å². The Morgan fingerprint density at radius 2 is 1.00 bits per heavy atom. The number of aryl methyl sites for hydroxylation is 4. The van der Waals surface area contributed by atoms with Crippen molar-refractivity contribution in [3.63, 3.8) is 0 Å². The summed E-state index contributed by atoms with van der Waals surface area (Å²) in [5, 5.41) is 20.2. The Balaban J connectivity index is 0.000000208. The van der Waals surface area contributed by atoms with Crippen molar-refractivity contribution in [2.45, 2.75) is 167 Å². The van der Waals surface area contributed by atoms with E-state index in [0.717, 1.165) is 82.8 Å². The number of carbonyl (C=O) groups is 7. The SMILES string of the molecule is Cc1ccc(C[C@@H]2C[C@@H](C(=O)NCc3ccc4c(cnn4C)c3)N(C(=O)[C@@H]3NCCC[C@@H]3C(=O)N(C)C3CCN(CCF)CC3)C2)cc1.Cc1ccc(C[C@@H]2C[C@@H](C(=O)NCc3ccc4c(cnn4C)c3)N(C(=O)[C@H]3[C@@H](C(=O)N(C)C4CCN(CCF)CC4)CCCN3C(=O)OC(C)(C)C)C2)cc1. The van der Waals surface area contributed by atoms with Gasteiger partial charge in [-0.2, -0.15) is 10.2 Å². The lowest BCUT2D eigenvalue weighted by molar-refractivity contribution is -0.152. The van der Waals surface area contributed by atoms with Crippen molar-refractivity contribution in [3.8, 4) is 0 Å². The van der Waals surface area contributed by atoms with Crippen LogP contribution < -0.4 is 16.0 Å². The molecule has 24 heteroatoms. The topological polar surface area (TPSA) is 223 Å². The predicted octanol–water partition coefficient (Wildman–Crippen LogP) is 8.08. The summed E-state index contributed by atoms with van der Waals surface area (Å²) in [6, 6.07) is 25.5. The van der Waals surface area contributed by atoms with Crippen LogP contribution in [-0.2, 0) is 73.5 Å². The first-order valence-corrected chi connectivity index (χ1v) is 37.4. The largest absolute Gasteiger partial charge is 0.444 e. The number of nitrogens with zero attached hydrogens (tertiary/aromatic N) is 11. The number of ether oxygens (including phenoxy) is 1. The maximum atomic E-state index is 15.2. The summed E-state index contributed by atoms with van der Waals surface area (Å²) in [5.41, 5.74) is 7.72. The van der Waals surface area contributed by atoms with Crippen LogP contribution in [0.4, 0.5) is 13.6 Å². The molecule has 7 amide bonds. The lowest BCUT2D eigenvalue weighted by Crippen LogP contribution is -2.62. The molecule has 6 aromatic rings. The van der Waals surface area contributed by atoms with Gasteiger partial charge in [-0.05, 0) is 177 Å². The molecule has 0 spiro atoms. The summed E-state index contributed by atoms with van der Waals surface area (Å²) in [4.78, 5) is 113. The molecule has 4 aromatic carbocycles. The van der Waals surface area contributed by atoms with E-state index in [-0.39, 0.29) is 73.2 Å². The number of hydrogen-bond donors (Lipinski definition) is 3. The Bertz CT molecular complexity index is 3920. The lowest BCUT2D eigenvalue weighted by atomic mass is 9.86. The van der Waals surface area contributed by atoms with E-state index in [2.05, 4.69) is 91.4 Å². The van der Waals surface area contributed by atoms with E-state index in [1.165, 1.54) is 16.0 Å². The van der Waals surface area contributed by atoms with Gasteiger partial charge in [0.1, 0.15) is 37.1 Å². The minimum absolute atomic E-state index is 0.0148. The molecule has 6 aliphatic heterocycles. The molecule has 22 nitrogen and oxygen atoms in total. The summed E-state index contributed by atoms with van der Waals surface area (Å²) < 4.78 is 35.4. The zero-order chi connectivity index (χ0) is 73.2. The maximum absolute atomic E-state index is 15.2. The Kier molecular flexibility index (Phi) is 25.1. The van der Waals surface area contributed by atoms with Crippen molar-refractivity contribution >= 4 is 63.3 Å². The monoisotopic (exact) mass is 1420 g/mol. The standard InChI is InChI=1S/C42H58FN7O5.C37H50FN7O3/c1-28-9-11-29(12-10-28)22-31-24-36(38(51)44-25-30-13-14-35-32(23-30)26-45-47(35)6)50(27-31)40(53)37-34(8-7-18-49(37)41(54)55-42(2,3)4)39(52)46(5)33-15-19-48(20-16-33)21-17-43;1-25-6-8-26(9-7-25)19-28-21-33(35(46)40-22-27-10-11-32-29(20-27)23-41-43(32)3)45(24-28)37(48)34-31(5-4-15-39-34)36(47)42(2)30-12-16-44(17-13-30)18-14-38/h9-14,23,26,31,33-34,36-37H,7-8,15-22,24-25,27H2,1-6H3,(H,44,51);6-11,20,23,28,30-31,33-34,39H,4-5,12-19,21-22,24H2,1-3H3,(H,40,46)/t31-,34+,36+,37-;28-,31+,33+,34-/m11/s1. The van der Waals surface area contributed by atoms with Crippen LogP contribution in [-0.4, -0.2) is 230 Å². The van der Waals surface area contributed by atoms with Crippen molar-refractivity contribution in [1.82, 2.24) is 69.8 Å². The van der Waals surface area contributed by atoms with Crippen LogP contribution in [0.3, 0.4) is 0 Å². The number of benzene rings is 4. The fourth-order valence-electron chi connectivity index (χ4n) is 16.5. The highest BCUT2D eigenvalue weighted by molar-refractivity contribution is 5.97. The number of fused-ring (bicyclic) bond motifs is 2. The van der Waals surface area contributed by atoms with Crippen LogP contribution in [0.1, 0.15) is 118 Å². The second-order valence-electron chi connectivity index (χ2n) is 30.8. The number of alkyl halides is 2. The average molecular weight is 1420 g/mol. The highest BCUT2D eigenvalue weighted by Crippen LogP contribution is 2.36. The van der Waals surface area contributed by atoms with Crippen molar-refractivity contribution in [2.24, 2.45) is 37.8 Å². The zero-order valence-electron chi connectivity index (χ0n) is 61.8. The third kappa shape index (κ3) is 18.6. The maximum Gasteiger partial charge on any atom is 0.410 e. The van der Waals surface area contributed by atoms with Gasteiger partial charge < -0.3 is 50.1 Å². The summed E-state index contributed by atoms with van der Waals surface area (Å²) in [6.07, 6.45) is 10.8. The van der Waals surface area contributed by atoms with Crippen LogP contribution in [0.5, 0.6) is 0 Å². The van der Waals surface area contributed by atoms with E-state index in [0.29, 0.717) is 104 Å². The van der Waals surface area contributed by atoms with Gasteiger partial charge >= 0.3 is 6.09 Å². The quantitative estimate of drug-likeness (QED) is 0.0659. The molecule has 8 atom stereocenters. The molecule has 8 heterocycles. The normalized spacial score (nSPS) is 23.1. The lowest BCUT2D eigenvalue weighted by Gasteiger charge is -2.44. The molecule has 103 heavy (non-hydrogen) atoms. The zero-order valence-corrected chi connectivity index (χ0v) is 61.8. The summed E-state index contributed by atoms with van der Waals surface area (Å²) >= 11 is 0. The van der Waals surface area contributed by atoms with E-state index in [1.54, 1.807) is 53.4 Å². The number of likely N-dealkylation sites (tertiary alicyclic amines) is 5. The van der Waals surface area contributed by atoms with Crippen LogP contribution in [0.25, 0.3) is 21.8 Å². The fourth-order valence-corrected chi connectivity index (χ4v) is 16.5. The molecule has 0 saturated carbocycles. The van der Waals surface area contributed by atoms with Gasteiger partial charge in [0.15, 0.2) is 0 Å². The Morgan fingerprint density at radius 1 is 0.563 bits per heavy atom. The van der Waals surface area contributed by atoms with E-state index in [4.69, 9.17) is 4.74 Å². The predicted molar refractivity (Wildman–Crippen MR) is 392 cm³/mol. The van der Waals surface area contributed by atoms with Gasteiger partial charge in [-0.3, -0.25) is 43.0 Å². The van der Waals surface area contributed by atoms with Crippen molar-refractivity contribution in [2.75, 3.05) is 92.9 Å². The summed E-state index contributed by atoms with van der Waals surface area (Å²) in [6.45, 7) is 14.7. The molecule has 6 fully saturated rings. The Hall–Kier alpha value is -8.35. The van der Waals surface area contributed by atoms with Crippen molar-refractivity contribution in [1.29, 1.82) is 0 Å². The van der Waals surface area contributed by atoms with Crippen LogP contribution in [0, 0.1) is 37.5 Å². The molecular weight excluding hydrogens is 1310 g/mol. The molecular formula is C79H108F2N14O8. The van der Waals surface area contributed by atoms with Crippen molar-refractivity contribution < 1.29 is 47.1 Å². The van der Waals surface area contributed by atoms with Gasteiger partial charge in [0.05, 0.1) is 41.3 Å². The minimum atomic E-state index is -1.13. The highest BCUT2D eigenvalue weighted by atomic mass is 19.1. The number of hydrogen-bond acceptors (Lipinski definition) is 13. The van der Waals surface area contributed by atoms with Gasteiger partial charge in [0.2, 0.25) is 35.4 Å². The summed E-state index contributed by atoms with van der Waals surface area (Å²) in [5.74, 6) is -2.43. The van der Waals surface area contributed by atoms with Crippen LogP contribution in [0.15, 0.2) is 97.3 Å². The molecule has 0 unspecified atom stereocenters. The second-order valence-corrected chi connectivity index (χ2v) is 30.8. The van der Waals surface area contributed by atoms with Gasteiger partial charge in [0, 0.05) is 123 Å². The number of piperidine rings is 4. The highest BCUT2D eigenvalue weighted by Gasteiger charge is 2.52. The van der Waals surface area contributed by atoms with Crippen LogP contribution >= 0.6 is 0 Å². The molecule has 2 aromatic heterocycles. The van der Waals surface area contributed by atoms with E-state index in [9.17, 15) is 37.5 Å². The first kappa shape index (κ1) is 75.8. The second kappa shape index (κ2) is 34.1. The smallest absolute Gasteiger partial charge is 0.410 e. The number of halogens is 2. The minimum Gasteiger partial charge on any atom is -0.444 e. The fraction of sp³-hybridized carbons (Fsp3) is 0.582. The van der Waals surface area contributed by atoms with E-state index >= 15 is 4.79 Å². The number of aromatic nitrogens is 4. The molecule has 0 aliphatic carbocycles. The molecule has 6 saturated heterocycles. The van der Waals surface area contributed by atoms with Crippen LogP contribution in [0.2, 0.25) is 0 Å². The van der Waals surface area contributed by atoms with Crippen molar-refractivity contribution in [3.05, 3.63) is 131 Å². The Labute approximate surface area is 605 Å². The molecule has 0 bridgehead atoms. The number of carbonyl (C=O) groups excluding carboxylic acids is 7. The summed E-state index contributed by atoms with van der Waals surface area (Å²) in [7, 11) is 7.41. The number of rotatable bonds is 20. The van der Waals surface area contributed by atoms with Gasteiger partial charge in [0.25, 0.3) is 0 Å². The Morgan fingerprint density at radius 3 is 1.46 bits per heavy atom. The molecule has 12 rings (SSSR count).